The fourth-order valence-electron chi connectivity index (χ4n) is 1.40. The van der Waals surface area contributed by atoms with Crippen LogP contribution in [-0.2, 0) is 11.2 Å². The Kier molecular flexibility index (Phi) is 5.53. The first kappa shape index (κ1) is 13.2. The summed E-state index contributed by atoms with van der Waals surface area (Å²) in [6, 6.07) is 9.86. The quantitative estimate of drug-likeness (QED) is 0.761. The maximum absolute atomic E-state index is 11.8. The molecule has 1 atom stereocenters. The molecule has 16 heavy (non-hydrogen) atoms. The van der Waals surface area contributed by atoms with E-state index in [0.29, 0.717) is 11.2 Å². The molecule has 0 fully saturated rings. The number of rotatable bonds is 5. The second kappa shape index (κ2) is 6.69. The van der Waals surface area contributed by atoms with E-state index >= 15 is 0 Å². The zero-order chi connectivity index (χ0) is 12.0. The summed E-state index contributed by atoms with van der Waals surface area (Å²) in [5.74, 6) is 0.180. The lowest BCUT2D eigenvalue weighted by Crippen LogP contribution is -2.30. The number of hydrogen-bond donors (Lipinski definition) is 0. The fraction of sp³-hybridized carbons (Fsp3) is 0.462. The van der Waals surface area contributed by atoms with E-state index in [-0.39, 0.29) is 5.91 Å². The molecule has 0 aromatic heterocycles. The third kappa shape index (κ3) is 4.79. The molecule has 0 saturated heterocycles. The number of benzene rings is 1. The van der Waals surface area contributed by atoms with Crippen LogP contribution in [0.1, 0.15) is 18.9 Å². The third-order valence-electron chi connectivity index (χ3n) is 2.49. The Labute approximate surface area is 106 Å². The SMILES string of the molecule is CC(Br)CCN(C)C(=O)Cc1ccccc1. The minimum atomic E-state index is 0.180. The van der Waals surface area contributed by atoms with Gasteiger partial charge in [0, 0.05) is 18.4 Å². The molecule has 0 bridgehead atoms. The van der Waals surface area contributed by atoms with Crippen molar-refractivity contribution in [2.24, 2.45) is 0 Å². The maximum Gasteiger partial charge on any atom is 0.226 e. The van der Waals surface area contributed by atoms with E-state index in [1.807, 2.05) is 37.4 Å². The van der Waals surface area contributed by atoms with Crippen LogP contribution in [0.5, 0.6) is 0 Å². The topological polar surface area (TPSA) is 20.3 Å². The predicted octanol–water partition coefficient (Wildman–Crippen LogP) is 2.86. The van der Waals surface area contributed by atoms with Crippen LogP contribution in [0.15, 0.2) is 30.3 Å². The number of halogens is 1. The first-order chi connectivity index (χ1) is 7.59. The third-order valence-corrected chi connectivity index (χ3v) is 2.94. The monoisotopic (exact) mass is 283 g/mol. The van der Waals surface area contributed by atoms with E-state index in [9.17, 15) is 4.79 Å². The number of carbonyl (C=O) groups is 1. The summed E-state index contributed by atoms with van der Waals surface area (Å²) in [5, 5.41) is 0. The summed E-state index contributed by atoms with van der Waals surface area (Å²) < 4.78 is 0. The average molecular weight is 284 g/mol. The van der Waals surface area contributed by atoms with E-state index in [4.69, 9.17) is 0 Å². The lowest BCUT2D eigenvalue weighted by molar-refractivity contribution is -0.129. The van der Waals surface area contributed by atoms with Crippen LogP contribution in [0.25, 0.3) is 0 Å². The summed E-state index contributed by atoms with van der Waals surface area (Å²) in [6.07, 6.45) is 1.48. The Hall–Kier alpha value is -0.830. The predicted molar refractivity (Wildman–Crippen MR) is 70.8 cm³/mol. The van der Waals surface area contributed by atoms with Gasteiger partial charge >= 0.3 is 0 Å². The van der Waals surface area contributed by atoms with Gasteiger partial charge in [-0.2, -0.15) is 0 Å². The molecular formula is C13H18BrNO. The molecular weight excluding hydrogens is 266 g/mol. The maximum atomic E-state index is 11.8. The van der Waals surface area contributed by atoms with Crippen LogP contribution in [-0.4, -0.2) is 29.2 Å². The Morgan fingerprint density at radius 2 is 2.00 bits per heavy atom. The van der Waals surface area contributed by atoms with Gasteiger partial charge in [0.25, 0.3) is 0 Å². The minimum absolute atomic E-state index is 0.180. The number of carbonyl (C=O) groups excluding carboxylic acids is 1. The molecule has 3 heteroatoms. The normalized spacial score (nSPS) is 12.2. The molecule has 0 aliphatic rings. The van der Waals surface area contributed by atoms with Crippen molar-refractivity contribution in [1.29, 1.82) is 0 Å². The van der Waals surface area contributed by atoms with Gasteiger partial charge in [0.05, 0.1) is 6.42 Å². The highest BCUT2D eigenvalue weighted by Crippen LogP contribution is 2.06. The van der Waals surface area contributed by atoms with Gasteiger partial charge in [-0.05, 0) is 12.0 Å². The van der Waals surface area contributed by atoms with Gasteiger partial charge in [-0.25, -0.2) is 0 Å². The lowest BCUT2D eigenvalue weighted by atomic mass is 10.1. The van der Waals surface area contributed by atoms with Crippen molar-refractivity contribution in [2.75, 3.05) is 13.6 Å². The van der Waals surface area contributed by atoms with Crippen molar-refractivity contribution in [3.05, 3.63) is 35.9 Å². The number of likely N-dealkylation sites (N-methyl/N-ethyl adjacent to an activating group) is 1. The molecule has 1 aromatic carbocycles. The standard InChI is InChI=1S/C13H18BrNO/c1-11(14)8-9-15(2)13(16)10-12-6-4-3-5-7-12/h3-7,11H,8-10H2,1-2H3. The first-order valence-electron chi connectivity index (χ1n) is 5.51. The summed E-state index contributed by atoms with van der Waals surface area (Å²) in [5.41, 5.74) is 1.08. The van der Waals surface area contributed by atoms with Crippen LogP contribution in [0.3, 0.4) is 0 Å². The smallest absolute Gasteiger partial charge is 0.226 e. The molecule has 0 spiro atoms. The van der Waals surface area contributed by atoms with E-state index in [0.717, 1.165) is 18.5 Å². The molecule has 0 saturated carbocycles. The van der Waals surface area contributed by atoms with Crippen LogP contribution < -0.4 is 0 Å². The Balaban J connectivity index is 2.40. The van der Waals surface area contributed by atoms with Crippen molar-refractivity contribution >= 4 is 21.8 Å². The second-order valence-corrected chi connectivity index (χ2v) is 5.61. The molecule has 2 nitrogen and oxygen atoms in total. The molecule has 0 aliphatic carbocycles. The van der Waals surface area contributed by atoms with Crippen LogP contribution in [0.2, 0.25) is 0 Å². The summed E-state index contributed by atoms with van der Waals surface area (Å²) in [4.78, 5) is 14.1. The van der Waals surface area contributed by atoms with Crippen molar-refractivity contribution in [3.8, 4) is 0 Å². The van der Waals surface area contributed by atoms with E-state index < -0.39 is 0 Å². The zero-order valence-corrected chi connectivity index (χ0v) is 11.4. The summed E-state index contributed by atoms with van der Waals surface area (Å²) in [6.45, 7) is 2.90. The molecule has 0 radical (unpaired) electrons. The van der Waals surface area contributed by atoms with Crippen molar-refractivity contribution in [2.45, 2.75) is 24.6 Å². The highest BCUT2D eigenvalue weighted by Gasteiger charge is 2.09. The van der Waals surface area contributed by atoms with Gasteiger partial charge in [0.2, 0.25) is 5.91 Å². The first-order valence-corrected chi connectivity index (χ1v) is 6.43. The number of nitrogens with zero attached hydrogens (tertiary/aromatic N) is 1. The number of alkyl halides is 1. The molecule has 88 valence electrons. The largest absolute Gasteiger partial charge is 0.345 e. The fourth-order valence-corrected chi connectivity index (χ4v) is 1.61. The van der Waals surface area contributed by atoms with Gasteiger partial charge in [-0.3, -0.25) is 4.79 Å². The Bertz CT molecular complexity index is 324. The van der Waals surface area contributed by atoms with E-state index in [1.165, 1.54) is 0 Å². The van der Waals surface area contributed by atoms with Gasteiger partial charge in [0.1, 0.15) is 0 Å². The second-order valence-electron chi connectivity index (χ2n) is 4.05. The molecule has 0 N–H and O–H groups in total. The molecule has 1 amide bonds. The Morgan fingerprint density at radius 1 is 1.38 bits per heavy atom. The van der Waals surface area contributed by atoms with Gasteiger partial charge in [-0.15, -0.1) is 0 Å². The molecule has 1 unspecified atom stereocenters. The summed E-state index contributed by atoms with van der Waals surface area (Å²) in [7, 11) is 1.86. The van der Waals surface area contributed by atoms with Crippen molar-refractivity contribution < 1.29 is 4.79 Å². The van der Waals surface area contributed by atoms with E-state index in [2.05, 4.69) is 22.9 Å². The van der Waals surface area contributed by atoms with Crippen LogP contribution >= 0.6 is 15.9 Å². The van der Waals surface area contributed by atoms with E-state index in [1.54, 1.807) is 4.90 Å². The number of hydrogen-bond acceptors (Lipinski definition) is 1. The molecule has 1 rings (SSSR count). The van der Waals surface area contributed by atoms with Crippen molar-refractivity contribution in [1.82, 2.24) is 4.90 Å². The summed E-state index contributed by atoms with van der Waals surface area (Å²) >= 11 is 3.48. The highest BCUT2D eigenvalue weighted by molar-refractivity contribution is 9.09. The Morgan fingerprint density at radius 3 is 2.56 bits per heavy atom. The van der Waals surface area contributed by atoms with Crippen molar-refractivity contribution in [3.63, 3.8) is 0 Å². The molecule has 0 heterocycles. The van der Waals surface area contributed by atoms with Gasteiger partial charge in [-0.1, -0.05) is 53.2 Å². The molecule has 1 aromatic rings. The average Bonchev–Trinajstić information content (AvgIpc) is 2.27. The zero-order valence-electron chi connectivity index (χ0n) is 9.82. The van der Waals surface area contributed by atoms with Gasteiger partial charge < -0.3 is 4.90 Å². The highest BCUT2D eigenvalue weighted by atomic mass is 79.9. The molecule has 0 aliphatic heterocycles. The van der Waals surface area contributed by atoms with Gasteiger partial charge in [0.15, 0.2) is 0 Å². The lowest BCUT2D eigenvalue weighted by Gasteiger charge is -2.17. The number of amides is 1. The minimum Gasteiger partial charge on any atom is -0.345 e. The van der Waals surface area contributed by atoms with Crippen LogP contribution in [0.4, 0.5) is 0 Å². The van der Waals surface area contributed by atoms with Crippen LogP contribution in [0, 0.1) is 0 Å².